The number of hydrogen-bond donors (Lipinski definition) is 0. The van der Waals surface area contributed by atoms with Gasteiger partial charge in [0, 0.05) is 0 Å². The van der Waals surface area contributed by atoms with Crippen molar-refractivity contribution in [1.82, 2.24) is 0 Å². The van der Waals surface area contributed by atoms with Gasteiger partial charge in [0.05, 0.1) is 0 Å². The fraction of sp³-hybridized carbons (Fsp3) is 1.00. The summed E-state index contributed by atoms with van der Waals surface area (Å²) in [6.07, 6.45) is 4.23. The molecule has 78 valence electrons. The van der Waals surface area contributed by atoms with Crippen molar-refractivity contribution in [2.45, 2.75) is 60.8 Å². The van der Waals surface area contributed by atoms with E-state index in [9.17, 15) is 0 Å². The van der Waals surface area contributed by atoms with Gasteiger partial charge in [0.1, 0.15) is 0 Å². The van der Waals surface area contributed by atoms with Gasteiger partial charge in [0.15, 0.2) is 0 Å². The molecule has 0 aromatic rings. The fourth-order valence-corrected chi connectivity index (χ4v) is 2.64. The highest BCUT2D eigenvalue weighted by Gasteiger charge is 2.50. The maximum absolute atomic E-state index is 2.48. The molecule has 0 heterocycles. The van der Waals surface area contributed by atoms with E-state index in [1.54, 1.807) is 0 Å². The summed E-state index contributed by atoms with van der Waals surface area (Å²) in [5.41, 5.74) is 1.22. The predicted octanol–water partition coefficient (Wildman–Crippen LogP) is 4.49. The first kappa shape index (κ1) is 11.1. The van der Waals surface area contributed by atoms with Crippen molar-refractivity contribution in [2.75, 3.05) is 0 Å². The van der Waals surface area contributed by atoms with Gasteiger partial charge in [-0.15, -0.1) is 0 Å². The summed E-state index contributed by atoms with van der Waals surface area (Å²) in [4.78, 5) is 0. The Kier molecular flexibility index (Phi) is 2.81. The van der Waals surface area contributed by atoms with E-state index < -0.39 is 0 Å². The summed E-state index contributed by atoms with van der Waals surface area (Å²) in [6.45, 7) is 14.5. The summed E-state index contributed by atoms with van der Waals surface area (Å²) in [7, 11) is 0. The van der Waals surface area contributed by atoms with Crippen molar-refractivity contribution >= 4 is 0 Å². The molecule has 0 nitrogen and oxygen atoms in total. The van der Waals surface area contributed by atoms with Crippen LogP contribution in [0.5, 0.6) is 0 Å². The lowest BCUT2D eigenvalue weighted by molar-refractivity contribution is 0.0683. The number of hydrogen-bond acceptors (Lipinski definition) is 0. The van der Waals surface area contributed by atoms with Crippen LogP contribution in [0.25, 0.3) is 0 Å². The van der Waals surface area contributed by atoms with Crippen molar-refractivity contribution < 1.29 is 0 Å². The second-order valence-corrected chi connectivity index (χ2v) is 5.89. The normalized spacial score (nSPS) is 27.0. The van der Waals surface area contributed by atoms with E-state index in [2.05, 4.69) is 41.5 Å². The first-order chi connectivity index (χ1) is 5.87. The third kappa shape index (κ3) is 1.78. The fourth-order valence-electron chi connectivity index (χ4n) is 2.64. The van der Waals surface area contributed by atoms with Crippen LogP contribution in [0.2, 0.25) is 0 Å². The van der Waals surface area contributed by atoms with Gasteiger partial charge in [-0.2, -0.15) is 0 Å². The second-order valence-electron chi connectivity index (χ2n) is 5.89. The lowest BCUT2D eigenvalue weighted by atomic mass is 9.63. The van der Waals surface area contributed by atoms with Crippen molar-refractivity contribution in [2.24, 2.45) is 22.7 Å². The van der Waals surface area contributed by atoms with Gasteiger partial charge >= 0.3 is 0 Å². The Bertz CT molecular complexity index is 176. The smallest absolute Gasteiger partial charge is 0.0275 e. The third-order valence-electron chi connectivity index (χ3n) is 5.15. The van der Waals surface area contributed by atoms with Gasteiger partial charge in [-0.3, -0.25) is 0 Å². The molecule has 1 aliphatic rings. The minimum atomic E-state index is 0.547. The summed E-state index contributed by atoms with van der Waals surface area (Å²) in [5.74, 6) is 1.69. The zero-order valence-corrected chi connectivity index (χ0v) is 10.3. The molecule has 0 spiro atoms. The lowest BCUT2D eigenvalue weighted by Crippen LogP contribution is -2.35. The van der Waals surface area contributed by atoms with Crippen LogP contribution in [0, 0.1) is 22.7 Å². The van der Waals surface area contributed by atoms with Gasteiger partial charge < -0.3 is 0 Å². The van der Waals surface area contributed by atoms with E-state index in [0.717, 1.165) is 11.8 Å². The van der Waals surface area contributed by atoms with Gasteiger partial charge in [0.2, 0.25) is 0 Å². The monoisotopic (exact) mass is 182 g/mol. The minimum Gasteiger partial charge on any atom is -0.0648 e. The van der Waals surface area contributed by atoms with E-state index in [1.165, 1.54) is 19.3 Å². The maximum atomic E-state index is 2.48. The lowest BCUT2D eigenvalue weighted by Gasteiger charge is -2.42. The Morgan fingerprint density at radius 1 is 1.23 bits per heavy atom. The molecule has 0 saturated heterocycles. The van der Waals surface area contributed by atoms with Crippen molar-refractivity contribution in [3.05, 3.63) is 0 Å². The molecule has 0 heteroatoms. The molecular weight excluding hydrogens is 156 g/mol. The molecule has 0 N–H and O–H groups in total. The van der Waals surface area contributed by atoms with Gasteiger partial charge in [-0.25, -0.2) is 0 Å². The first-order valence-electron chi connectivity index (χ1n) is 5.87. The molecule has 0 aromatic heterocycles. The van der Waals surface area contributed by atoms with Crippen molar-refractivity contribution in [3.8, 4) is 0 Å². The topological polar surface area (TPSA) is 0 Å². The van der Waals surface area contributed by atoms with Gasteiger partial charge in [0.25, 0.3) is 0 Å². The third-order valence-corrected chi connectivity index (χ3v) is 5.15. The SMILES string of the molecule is CCC(C)(C(C)C)C(C)C1(C)CC1. The predicted molar refractivity (Wildman–Crippen MR) is 59.7 cm³/mol. The molecule has 2 atom stereocenters. The quantitative estimate of drug-likeness (QED) is 0.600. The molecular formula is C13H26. The average molecular weight is 182 g/mol. The second kappa shape index (κ2) is 3.29. The van der Waals surface area contributed by atoms with Crippen LogP contribution in [0.1, 0.15) is 60.8 Å². The zero-order valence-electron chi connectivity index (χ0n) is 10.3. The summed E-state index contributed by atoms with van der Waals surface area (Å²) >= 11 is 0. The molecule has 1 aliphatic carbocycles. The molecule has 0 radical (unpaired) electrons. The van der Waals surface area contributed by atoms with Crippen molar-refractivity contribution in [1.29, 1.82) is 0 Å². The molecule has 1 fully saturated rings. The summed E-state index contributed by atoms with van der Waals surface area (Å²) < 4.78 is 0. The van der Waals surface area contributed by atoms with E-state index in [1.807, 2.05) is 0 Å². The Morgan fingerprint density at radius 3 is 1.92 bits per heavy atom. The van der Waals surface area contributed by atoms with Crippen LogP contribution in [0.3, 0.4) is 0 Å². The Hall–Kier alpha value is 0. The van der Waals surface area contributed by atoms with Crippen LogP contribution < -0.4 is 0 Å². The Balaban J connectivity index is 2.76. The highest BCUT2D eigenvalue weighted by molar-refractivity contribution is 4.99. The van der Waals surface area contributed by atoms with E-state index in [-0.39, 0.29) is 0 Å². The van der Waals surface area contributed by atoms with Gasteiger partial charge in [-0.1, -0.05) is 48.0 Å². The molecule has 0 aliphatic heterocycles. The standard InChI is InChI=1S/C13H26/c1-7-13(6,10(2)3)11(4)12(5)8-9-12/h10-11H,7-9H2,1-6H3. The Morgan fingerprint density at radius 2 is 1.69 bits per heavy atom. The molecule has 0 aromatic carbocycles. The summed E-state index contributed by atoms with van der Waals surface area (Å²) in [5, 5.41) is 0. The van der Waals surface area contributed by atoms with Crippen LogP contribution in [0.4, 0.5) is 0 Å². The molecule has 1 saturated carbocycles. The van der Waals surface area contributed by atoms with E-state index in [4.69, 9.17) is 0 Å². The average Bonchev–Trinajstić information content (AvgIpc) is 2.82. The Labute approximate surface area is 84.1 Å². The number of rotatable bonds is 4. The first-order valence-corrected chi connectivity index (χ1v) is 5.87. The van der Waals surface area contributed by atoms with Crippen LogP contribution in [0.15, 0.2) is 0 Å². The molecule has 13 heavy (non-hydrogen) atoms. The highest BCUT2D eigenvalue weighted by Crippen LogP contribution is 2.59. The zero-order chi connectivity index (χ0) is 10.3. The summed E-state index contributed by atoms with van der Waals surface area (Å²) in [6, 6.07) is 0. The van der Waals surface area contributed by atoms with Crippen LogP contribution in [-0.4, -0.2) is 0 Å². The molecule has 2 unspecified atom stereocenters. The van der Waals surface area contributed by atoms with Gasteiger partial charge in [-0.05, 0) is 35.5 Å². The van der Waals surface area contributed by atoms with Crippen molar-refractivity contribution in [3.63, 3.8) is 0 Å². The van der Waals surface area contributed by atoms with Crippen LogP contribution in [-0.2, 0) is 0 Å². The molecule has 0 amide bonds. The largest absolute Gasteiger partial charge is 0.0648 e. The van der Waals surface area contributed by atoms with E-state index in [0.29, 0.717) is 10.8 Å². The highest BCUT2D eigenvalue weighted by atomic mass is 14.5. The maximum Gasteiger partial charge on any atom is -0.0275 e. The molecule has 0 bridgehead atoms. The van der Waals surface area contributed by atoms with Crippen LogP contribution >= 0.6 is 0 Å². The minimum absolute atomic E-state index is 0.547. The molecule has 1 rings (SSSR count). The van der Waals surface area contributed by atoms with E-state index >= 15 is 0 Å².